The first-order valence-electron chi connectivity index (χ1n) is 6.73. The van der Waals surface area contributed by atoms with Gasteiger partial charge in [-0.2, -0.15) is 17.0 Å². The van der Waals surface area contributed by atoms with Gasteiger partial charge in [0.05, 0.1) is 24.3 Å². The Bertz CT molecular complexity index is 578. The van der Waals surface area contributed by atoms with Crippen LogP contribution in [0.25, 0.3) is 0 Å². The van der Waals surface area contributed by atoms with Crippen molar-refractivity contribution in [1.82, 2.24) is 0 Å². The van der Waals surface area contributed by atoms with Crippen molar-refractivity contribution < 1.29 is 9.84 Å². The van der Waals surface area contributed by atoms with Crippen molar-refractivity contribution in [3.8, 4) is 11.8 Å². The molecule has 0 heterocycles. The molecule has 0 aliphatic carbocycles. The number of ether oxygens (including phenoxy) is 1. The molecule has 0 fully saturated rings. The number of aliphatic hydroxyl groups excluding tert-OH is 1. The lowest BCUT2D eigenvalue weighted by Gasteiger charge is -2.11. The van der Waals surface area contributed by atoms with Crippen LogP contribution in [0.2, 0.25) is 0 Å². The van der Waals surface area contributed by atoms with Crippen molar-refractivity contribution in [2.45, 2.75) is 6.10 Å². The van der Waals surface area contributed by atoms with Gasteiger partial charge in [0, 0.05) is 11.5 Å². The molecule has 2 rings (SSSR count). The summed E-state index contributed by atoms with van der Waals surface area (Å²) in [5.74, 6) is 2.23. The van der Waals surface area contributed by atoms with E-state index >= 15 is 0 Å². The minimum Gasteiger partial charge on any atom is -0.493 e. The molecular formula is C17H17NO2S. The zero-order chi connectivity index (χ0) is 14.9. The minimum absolute atomic E-state index is 0.439. The van der Waals surface area contributed by atoms with E-state index in [9.17, 15) is 5.11 Å². The van der Waals surface area contributed by atoms with Crippen LogP contribution in [-0.2, 0) is 0 Å². The number of benzene rings is 2. The molecule has 3 nitrogen and oxygen atoms in total. The molecule has 1 unspecified atom stereocenters. The standard InChI is InChI=1S/C17H17NO2S/c18-12-14-6-8-16(9-7-14)20-10-11-21-13-17(19)15-4-2-1-3-5-15/h1-9,17,19H,10-11,13H2. The van der Waals surface area contributed by atoms with Crippen LogP contribution in [0.5, 0.6) is 5.75 Å². The van der Waals surface area contributed by atoms with Crippen LogP contribution in [0, 0.1) is 11.3 Å². The van der Waals surface area contributed by atoms with Gasteiger partial charge >= 0.3 is 0 Å². The van der Waals surface area contributed by atoms with Gasteiger partial charge in [-0.3, -0.25) is 0 Å². The lowest BCUT2D eigenvalue weighted by atomic mass is 10.1. The Morgan fingerprint density at radius 3 is 2.48 bits per heavy atom. The van der Waals surface area contributed by atoms with Gasteiger partial charge in [0.2, 0.25) is 0 Å². The molecule has 0 aliphatic heterocycles. The first-order chi connectivity index (χ1) is 10.3. The predicted molar refractivity (Wildman–Crippen MR) is 85.4 cm³/mol. The smallest absolute Gasteiger partial charge is 0.119 e. The highest BCUT2D eigenvalue weighted by molar-refractivity contribution is 7.99. The molecule has 4 heteroatoms. The van der Waals surface area contributed by atoms with Crippen molar-refractivity contribution in [2.24, 2.45) is 0 Å². The van der Waals surface area contributed by atoms with Gasteiger partial charge < -0.3 is 9.84 Å². The average molecular weight is 299 g/mol. The molecule has 0 bridgehead atoms. The van der Waals surface area contributed by atoms with Gasteiger partial charge in [-0.05, 0) is 29.8 Å². The van der Waals surface area contributed by atoms with Gasteiger partial charge in [0.1, 0.15) is 5.75 Å². The lowest BCUT2D eigenvalue weighted by Crippen LogP contribution is -2.05. The van der Waals surface area contributed by atoms with Crippen molar-refractivity contribution in [3.05, 3.63) is 65.7 Å². The van der Waals surface area contributed by atoms with Crippen LogP contribution in [-0.4, -0.2) is 23.2 Å². The van der Waals surface area contributed by atoms with Crippen LogP contribution >= 0.6 is 11.8 Å². The third-order valence-corrected chi connectivity index (χ3v) is 3.95. The second-order valence-corrected chi connectivity index (χ2v) is 5.64. The molecule has 1 N–H and O–H groups in total. The van der Waals surface area contributed by atoms with Crippen LogP contribution in [0.15, 0.2) is 54.6 Å². The zero-order valence-corrected chi connectivity index (χ0v) is 12.4. The van der Waals surface area contributed by atoms with E-state index in [4.69, 9.17) is 10.00 Å². The van der Waals surface area contributed by atoms with Gasteiger partial charge in [-0.15, -0.1) is 0 Å². The molecule has 0 radical (unpaired) electrons. The summed E-state index contributed by atoms with van der Waals surface area (Å²) < 4.78 is 5.58. The summed E-state index contributed by atoms with van der Waals surface area (Å²) in [5.41, 5.74) is 1.57. The molecule has 108 valence electrons. The van der Waals surface area contributed by atoms with E-state index in [1.165, 1.54) is 0 Å². The second kappa shape index (κ2) is 8.35. The molecular weight excluding hydrogens is 282 g/mol. The number of hydrogen-bond acceptors (Lipinski definition) is 4. The number of nitrogens with zero attached hydrogens (tertiary/aromatic N) is 1. The second-order valence-electron chi connectivity index (χ2n) is 4.49. The number of nitriles is 1. The Morgan fingerprint density at radius 2 is 1.81 bits per heavy atom. The summed E-state index contributed by atoms with van der Waals surface area (Å²) >= 11 is 1.66. The van der Waals surface area contributed by atoms with E-state index < -0.39 is 6.10 Å². The summed E-state index contributed by atoms with van der Waals surface area (Å²) in [4.78, 5) is 0. The zero-order valence-electron chi connectivity index (χ0n) is 11.6. The molecule has 0 aromatic heterocycles. The van der Waals surface area contributed by atoms with E-state index in [1.54, 1.807) is 36.0 Å². The summed E-state index contributed by atoms with van der Waals surface area (Å²) in [6.45, 7) is 0.581. The molecule has 2 aromatic rings. The van der Waals surface area contributed by atoms with Crippen LogP contribution in [0.3, 0.4) is 0 Å². The Balaban J connectivity index is 1.65. The molecule has 1 atom stereocenters. The summed E-state index contributed by atoms with van der Waals surface area (Å²) in [5, 5.41) is 18.7. The third-order valence-electron chi connectivity index (χ3n) is 2.94. The molecule has 0 spiro atoms. The Morgan fingerprint density at radius 1 is 1.10 bits per heavy atom. The van der Waals surface area contributed by atoms with E-state index in [0.29, 0.717) is 17.9 Å². The van der Waals surface area contributed by atoms with Crippen LogP contribution < -0.4 is 4.74 Å². The lowest BCUT2D eigenvalue weighted by molar-refractivity contribution is 0.204. The Labute approximate surface area is 129 Å². The van der Waals surface area contributed by atoms with Gasteiger partial charge in [-0.1, -0.05) is 30.3 Å². The quantitative estimate of drug-likeness (QED) is 0.796. The van der Waals surface area contributed by atoms with Crippen molar-refractivity contribution in [1.29, 1.82) is 5.26 Å². The first kappa shape index (κ1) is 15.4. The van der Waals surface area contributed by atoms with E-state index in [0.717, 1.165) is 17.1 Å². The largest absolute Gasteiger partial charge is 0.493 e. The summed E-state index contributed by atoms with van der Waals surface area (Å²) in [6.07, 6.45) is -0.439. The fraction of sp³-hybridized carbons (Fsp3) is 0.235. The summed E-state index contributed by atoms with van der Waals surface area (Å²) in [6, 6.07) is 18.8. The highest BCUT2D eigenvalue weighted by Crippen LogP contribution is 2.18. The number of aliphatic hydroxyl groups is 1. The topological polar surface area (TPSA) is 53.2 Å². The van der Waals surface area contributed by atoms with E-state index in [1.807, 2.05) is 30.3 Å². The molecule has 21 heavy (non-hydrogen) atoms. The monoisotopic (exact) mass is 299 g/mol. The Hall–Kier alpha value is -1.96. The summed E-state index contributed by atoms with van der Waals surface area (Å²) in [7, 11) is 0. The maximum atomic E-state index is 10.0. The molecule has 0 aliphatic rings. The normalized spacial score (nSPS) is 11.6. The van der Waals surface area contributed by atoms with Gasteiger partial charge in [0.15, 0.2) is 0 Å². The maximum Gasteiger partial charge on any atom is 0.119 e. The van der Waals surface area contributed by atoms with Crippen LogP contribution in [0.4, 0.5) is 0 Å². The molecule has 0 amide bonds. The Kier molecular flexibility index (Phi) is 6.14. The SMILES string of the molecule is N#Cc1ccc(OCCSCC(O)c2ccccc2)cc1. The highest BCUT2D eigenvalue weighted by atomic mass is 32.2. The molecule has 0 saturated carbocycles. The number of hydrogen-bond donors (Lipinski definition) is 1. The van der Waals surface area contributed by atoms with Gasteiger partial charge in [-0.25, -0.2) is 0 Å². The number of thioether (sulfide) groups is 1. The molecule has 2 aromatic carbocycles. The highest BCUT2D eigenvalue weighted by Gasteiger charge is 2.06. The van der Waals surface area contributed by atoms with Crippen LogP contribution in [0.1, 0.15) is 17.2 Å². The van der Waals surface area contributed by atoms with E-state index in [2.05, 4.69) is 6.07 Å². The predicted octanol–water partition coefficient (Wildman–Crippen LogP) is 3.40. The molecule has 0 saturated heterocycles. The van der Waals surface area contributed by atoms with Crippen molar-refractivity contribution in [2.75, 3.05) is 18.1 Å². The fourth-order valence-corrected chi connectivity index (χ4v) is 2.59. The minimum atomic E-state index is -0.439. The number of rotatable bonds is 7. The average Bonchev–Trinajstić information content (AvgIpc) is 2.55. The van der Waals surface area contributed by atoms with Crippen molar-refractivity contribution >= 4 is 11.8 Å². The van der Waals surface area contributed by atoms with Gasteiger partial charge in [0.25, 0.3) is 0 Å². The first-order valence-corrected chi connectivity index (χ1v) is 7.89. The third kappa shape index (κ3) is 5.14. The fourth-order valence-electron chi connectivity index (χ4n) is 1.81. The van der Waals surface area contributed by atoms with Crippen molar-refractivity contribution in [3.63, 3.8) is 0 Å². The van der Waals surface area contributed by atoms with E-state index in [-0.39, 0.29) is 0 Å². The maximum absolute atomic E-state index is 10.0.